The third-order valence-electron chi connectivity index (χ3n) is 5.04. The van der Waals surface area contributed by atoms with Gasteiger partial charge in [0.05, 0.1) is 11.9 Å². The van der Waals surface area contributed by atoms with Crippen LogP contribution in [0.4, 0.5) is 5.69 Å². The zero-order chi connectivity index (χ0) is 25.0. The summed E-state index contributed by atoms with van der Waals surface area (Å²) >= 11 is 6.05. The van der Waals surface area contributed by atoms with Crippen molar-refractivity contribution in [1.29, 1.82) is 0 Å². The Hall–Kier alpha value is -2.58. The van der Waals surface area contributed by atoms with Crippen LogP contribution in [0.25, 0.3) is 0 Å². The summed E-state index contributed by atoms with van der Waals surface area (Å²) in [7, 11) is -3.79. The van der Waals surface area contributed by atoms with E-state index in [4.69, 9.17) is 11.6 Å². The number of nitrogens with zero attached hydrogens (tertiary/aromatic N) is 2. The second kappa shape index (κ2) is 10.6. The molecule has 0 aliphatic rings. The highest BCUT2D eigenvalue weighted by molar-refractivity contribution is 7.92. The highest BCUT2D eigenvalue weighted by atomic mass is 35.5. The van der Waals surface area contributed by atoms with Gasteiger partial charge in [-0.15, -0.1) is 0 Å². The largest absolute Gasteiger partial charge is 0.350 e. The van der Waals surface area contributed by atoms with Crippen LogP contribution in [0.1, 0.15) is 38.8 Å². The van der Waals surface area contributed by atoms with Gasteiger partial charge in [-0.1, -0.05) is 41.9 Å². The van der Waals surface area contributed by atoms with Crippen molar-refractivity contribution >= 4 is 39.1 Å². The van der Waals surface area contributed by atoms with Crippen LogP contribution in [0.3, 0.4) is 0 Å². The molecule has 0 aliphatic carbocycles. The minimum Gasteiger partial charge on any atom is -0.350 e. The lowest BCUT2D eigenvalue weighted by Gasteiger charge is -2.33. The first-order valence-electron chi connectivity index (χ1n) is 10.6. The fourth-order valence-electron chi connectivity index (χ4n) is 3.27. The summed E-state index contributed by atoms with van der Waals surface area (Å²) < 4.78 is 26.1. The molecule has 180 valence electrons. The summed E-state index contributed by atoms with van der Waals surface area (Å²) in [5, 5.41) is 3.25. The summed E-state index contributed by atoms with van der Waals surface area (Å²) in [5.74, 6) is -0.821. The second-order valence-corrected chi connectivity index (χ2v) is 11.5. The number of rotatable bonds is 8. The van der Waals surface area contributed by atoms with E-state index < -0.39 is 34.1 Å². The van der Waals surface area contributed by atoms with E-state index in [1.165, 1.54) is 11.0 Å². The third-order valence-corrected chi connectivity index (χ3v) is 6.42. The van der Waals surface area contributed by atoms with Crippen molar-refractivity contribution in [1.82, 2.24) is 10.2 Å². The van der Waals surface area contributed by atoms with E-state index in [1.54, 1.807) is 25.1 Å². The van der Waals surface area contributed by atoms with E-state index in [-0.39, 0.29) is 18.1 Å². The molecule has 0 radical (unpaired) electrons. The van der Waals surface area contributed by atoms with Gasteiger partial charge < -0.3 is 10.2 Å². The van der Waals surface area contributed by atoms with E-state index in [0.29, 0.717) is 5.02 Å². The highest BCUT2D eigenvalue weighted by Crippen LogP contribution is 2.23. The Bertz CT molecular complexity index is 1110. The third kappa shape index (κ3) is 7.75. The number of hydrogen-bond acceptors (Lipinski definition) is 4. The maximum Gasteiger partial charge on any atom is 0.244 e. The number of anilines is 1. The molecule has 0 bridgehead atoms. The van der Waals surface area contributed by atoms with Crippen molar-refractivity contribution in [2.75, 3.05) is 17.1 Å². The number of sulfonamides is 1. The van der Waals surface area contributed by atoms with Gasteiger partial charge in [0.25, 0.3) is 0 Å². The Labute approximate surface area is 201 Å². The van der Waals surface area contributed by atoms with Gasteiger partial charge in [-0.3, -0.25) is 13.9 Å². The average Bonchev–Trinajstić information content (AvgIpc) is 2.68. The Morgan fingerprint density at radius 1 is 1.09 bits per heavy atom. The van der Waals surface area contributed by atoms with E-state index in [9.17, 15) is 18.0 Å². The average molecular weight is 494 g/mol. The van der Waals surface area contributed by atoms with Crippen LogP contribution in [0.2, 0.25) is 5.02 Å². The second-order valence-electron chi connectivity index (χ2n) is 9.11. The number of amides is 2. The first kappa shape index (κ1) is 26.7. The molecule has 0 aromatic heterocycles. The molecule has 0 unspecified atom stereocenters. The number of benzene rings is 2. The highest BCUT2D eigenvalue weighted by Gasteiger charge is 2.31. The fourth-order valence-corrected chi connectivity index (χ4v) is 4.30. The van der Waals surface area contributed by atoms with Gasteiger partial charge in [-0.2, -0.15) is 0 Å². The summed E-state index contributed by atoms with van der Waals surface area (Å²) in [4.78, 5) is 27.8. The molecule has 1 atom stereocenters. The lowest BCUT2D eigenvalue weighted by Crippen LogP contribution is -2.54. The van der Waals surface area contributed by atoms with E-state index >= 15 is 0 Å². The van der Waals surface area contributed by atoms with Gasteiger partial charge in [0, 0.05) is 17.1 Å². The first-order valence-corrected chi connectivity index (χ1v) is 12.8. The van der Waals surface area contributed by atoms with Crippen molar-refractivity contribution in [2.24, 2.45) is 0 Å². The molecular weight excluding hydrogens is 462 g/mol. The minimum atomic E-state index is -3.79. The molecule has 1 N–H and O–H groups in total. The Morgan fingerprint density at radius 2 is 1.73 bits per heavy atom. The molecule has 2 aromatic carbocycles. The fraction of sp³-hybridized carbons (Fsp3) is 0.417. The lowest BCUT2D eigenvalue weighted by atomic mass is 10.1. The summed E-state index contributed by atoms with van der Waals surface area (Å²) in [6.07, 6.45) is 1.03. The Morgan fingerprint density at radius 3 is 2.27 bits per heavy atom. The van der Waals surface area contributed by atoms with Crippen LogP contribution < -0.4 is 9.62 Å². The Kier molecular flexibility index (Phi) is 8.54. The van der Waals surface area contributed by atoms with Gasteiger partial charge >= 0.3 is 0 Å². The van der Waals surface area contributed by atoms with E-state index in [1.807, 2.05) is 52.0 Å². The summed E-state index contributed by atoms with van der Waals surface area (Å²) in [5.41, 5.74) is 1.63. The van der Waals surface area contributed by atoms with E-state index in [2.05, 4.69) is 5.32 Å². The van der Waals surface area contributed by atoms with Gasteiger partial charge in [-0.05, 0) is 63.9 Å². The summed E-state index contributed by atoms with van der Waals surface area (Å²) in [6.45, 7) is 8.84. The molecule has 2 rings (SSSR count). The molecule has 2 aromatic rings. The van der Waals surface area contributed by atoms with Crippen LogP contribution in [0.5, 0.6) is 0 Å². The first-order chi connectivity index (χ1) is 15.2. The van der Waals surface area contributed by atoms with Gasteiger partial charge in [0.15, 0.2) is 0 Å². The standard InChI is InChI=1S/C24H32ClN3O4S/c1-17-10-7-8-11-19(17)15-27(18(2)23(30)26-24(3,4)5)22(29)16-28(33(6,31)32)21-13-9-12-20(25)14-21/h7-14,18H,15-16H2,1-6H3,(H,26,30)/t18-/m0/s1. The lowest BCUT2D eigenvalue weighted by molar-refractivity contribution is -0.140. The zero-order valence-electron chi connectivity index (χ0n) is 19.9. The summed E-state index contributed by atoms with van der Waals surface area (Å²) in [6, 6.07) is 13.0. The van der Waals surface area contributed by atoms with Crippen molar-refractivity contribution in [3.8, 4) is 0 Å². The minimum absolute atomic E-state index is 0.164. The molecule has 7 nitrogen and oxygen atoms in total. The molecule has 0 spiro atoms. The molecule has 9 heteroatoms. The molecular formula is C24H32ClN3O4S. The normalized spacial score (nSPS) is 12.7. The van der Waals surface area contributed by atoms with E-state index in [0.717, 1.165) is 21.7 Å². The maximum absolute atomic E-state index is 13.5. The van der Waals surface area contributed by atoms with Crippen LogP contribution in [-0.2, 0) is 26.2 Å². The number of carbonyl (C=O) groups is 2. The molecule has 0 saturated heterocycles. The smallest absolute Gasteiger partial charge is 0.244 e. The van der Waals surface area contributed by atoms with Crippen molar-refractivity contribution in [2.45, 2.75) is 52.7 Å². The quantitative estimate of drug-likeness (QED) is 0.606. The van der Waals surface area contributed by atoms with Crippen LogP contribution in [-0.4, -0.2) is 49.5 Å². The molecule has 0 heterocycles. The van der Waals surface area contributed by atoms with Crippen molar-refractivity contribution in [3.05, 3.63) is 64.7 Å². The van der Waals surface area contributed by atoms with Gasteiger partial charge in [-0.25, -0.2) is 8.42 Å². The molecule has 0 aliphatic heterocycles. The Balaban J connectivity index is 2.42. The van der Waals surface area contributed by atoms with Crippen molar-refractivity contribution < 1.29 is 18.0 Å². The zero-order valence-corrected chi connectivity index (χ0v) is 21.5. The molecule has 0 fully saturated rings. The molecule has 0 saturated carbocycles. The predicted octanol–water partition coefficient (Wildman–Crippen LogP) is 3.75. The van der Waals surface area contributed by atoms with Crippen molar-refractivity contribution in [3.63, 3.8) is 0 Å². The van der Waals surface area contributed by atoms with Crippen LogP contribution in [0.15, 0.2) is 48.5 Å². The SMILES string of the molecule is Cc1ccccc1CN(C(=O)CN(c1cccc(Cl)c1)S(C)(=O)=O)[C@@H](C)C(=O)NC(C)(C)C. The topological polar surface area (TPSA) is 86.8 Å². The number of halogens is 1. The number of carbonyl (C=O) groups excluding carboxylic acids is 2. The number of hydrogen-bond donors (Lipinski definition) is 1. The van der Waals surface area contributed by atoms with Crippen LogP contribution >= 0.6 is 11.6 Å². The predicted molar refractivity (Wildman–Crippen MR) is 133 cm³/mol. The number of aryl methyl sites for hydroxylation is 1. The van der Waals surface area contributed by atoms with Gasteiger partial charge in [0.2, 0.25) is 21.8 Å². The van der Waals surface area contributed by atoms with Gasteiger partial charge in [0.1, 0.15) is 12.6 Å². The maximum atomic E-state index is 13.5. The molecule has 2 amide bonds. The number of nitrogens with one attached hydrogen (secondary N) is 1. The molecule has 33 heavy (non-hydrogen) atoms. The van der Waals surface area contributed by atoms with Crippen LogP contribution in [0, 0.1) is 6.92 Å². The monoisotopic (exact) mass is 493 g/mol.